The number of carboxylic acid groups (broad SMARTS) is 1. The summed E-state index contributed by atoms with van der Waals surface area (Å²) >= 11 is 0. The van der Waals surface area contributed by atoms with Gasteiger partial charge in [0.2, 0.25) is 5.91 Å². The monoisotopic (exact) mass is 282 g/mol. The number of hydrogen-bond acceptors (Lipinski definition) is 3. The molecule has 0 aliphatic heterocycles. The number of aromatic carboxylic acids is 1. The van der Waals surface area contributed by atoms with Crippen LogP contribution < -0.4 is 10.6 Å². The highest BCUT2D eigenvalue weighted by molar-refractivity contribution is 5.87. The number of benzene rings is 1. The first-order valence-corrected chi connectivity index (χ1v) is 6.36. The smallest absolute Gasteiger partial charge is 0.338 e. The molecule has 0 aromatic heterocycles. The maximum absolute atomic E-state index is 13.5. The SMILES string of the molecule is CC(C)NC(=O)C(C)NCc1ccc(C(=O)O)c(F)c1. The number of halogens is 1. The van der Waals surface area contributed by atoms with Crippen molar-refractivity contribution in [1.82, 2.24) is 10.6 Å². The van der Waals surface area contributed by atoms with Crippen LogP contribution in [-0.4, -0.2) is 29.1 Å². The molecule has 1 atom stereocenters. The van der Waals surface area contributed by atoms with Crippen LogP contribution in [0.2, 0.25) is 0 Å². The Morgan fingerprint density at radius 2 is 1.95 bits per heavy atom. The van der Waals surface area contributed by atoms with Crippen molar-refractivity contribution in [2.24, 2.45) is 0 Å². The fraction of sp³-hybridized carbons (Fsp3) is 0.429. The van der Waals surface area contributed by atoms with Gasteiger partial charge in [-0.3, -0.25) is 4.79 Å². The lowest BCUT2D eigenvalue weighted by Crippen LogP contribution is -2.44. The minimum atomic E-state index is -1.30. The van der Waals surface area contributed by atoms with Crippen LogP contribution in [0.3, 0.4) is 0 Å². The lowest BCUT2D eigenvalue weighted by molar-refractivity contribution is -0.123. The highest BCUT2D eigenvalue weighted by atomic mass is 19.1. The summed E-state index contributed by atoms with van der Waals surface area (Å²) in [7, 11) is 0. The van der Waals surface area contributed by atoms with Crippen LogP contribution in [-0.2, 0) is 11.3 Å². The van der Waals surface area contributed by atoms with Crippen molar-refractivity contribution in [3.63, 3.8) is 0 Å². The first-order chi connectivity index (χ1) is 9.31. The van der Waals surface area contributed by atoms with Gasteiger partial charge >= 0.3 is 5.97 Å². The molecule has 1 aromatic carbocycles. The molecule has 0 aliphatic rings. The number of rotatable bonds is 6. The van der Waals surface area contributed by atoms with Crippen LogP contribution in [0.5, 0.6) is 0 Å². The second kappa shape index (κ2) is 7.00. The quantitative estimate of drug-likeness (QED) is 0.739. The lowest BCUT2D eigenvalue weighted by Gasteiger charge is -2.16. The van der Waals surface area contributed by atoms with Gasteiger partial charge in [0, 0.05) is 12.6 Å². The maximum atomic E-state index is 13.5. The fourth-order valence-corrected chi connectivity index (χ4v) is 1.62. The average molecular weight is 282 g/mol. The van der Waals surface area contributed by atoms with Gasteiger partial charge in [-0.05, 0) is 38.5 Å². The molecule has 0 aliphatic carbocycles. The minimum absolute atomic E-state index is 0.0547. The zero-order valence-corrected chi connectivity index (χ0v) is 11.7. The third-order valence-electron chi connectivity index (χ3n) is 2.70. The number of carboxylic acids is 1. The molecule has 0 heterocycles. The predicted octanol–water partition coefficient (Wildman–Crippen LogP) is 1.53. The van der Waals surface area contributed by atoms with Crippen molar-refractivity contribution in [3.8, 4) is 0 Å². The molecule has 20 heavy (non-hydrogen) atoms. The number of carbonyl (C=O) groups excluding carboxylic acids is 1. The van der Waals surface area contributed by atoms with E-state index in [1.54, 1.807) is 6.92 Å². The van der Waals surface area contributed by atoms with Crippen molar-refractivity contribution in [2.45, 2.75) is 39.4 Å². The van der Waals surface area contributed by atoms with E-state index in [1.165, 1.54) is 12.1 Å². The predicted molar refractivity (Wildman–Crippen MR) is 72.9 cm³/mol. The molecule has 1 aromatic rings. The van der Waals surface area contributed by atoms with Gasteiger partial charge in [-0.15, -0.1) is 0 Å². The molecule has 110 valence electrons. The molecule has 1 unspecified atom stereocenters. The van der Waals surface area contributed by atoms with Gasteiger partial charge in [0.15, 0.2) is 0 Å². The minimum Gasteiger partial charge on any atom is -0.478 e. The van der Waals surface area contributed by atoms with Crippen molar-refractivity contribution < 1.29 is 19.1 Å². The van der Waals surface area contributed by atoms with Crippen LogP contribution in [0.15, 0.2) is 18.2 Å². The number of amides is 1. The third-order valence-corrected chi connectivity index (χ3v) is 2.70. The summed E-state index contributed by atoms with van der Waals surface area (Å²) in [6.45, 7) is 5.72. The van der Waals surface area contributed by atoms with E-state index in [2.05, 4.69) is 10.6 Å². The summed E-state index contributed by atoms with van der Waals surface area (Å²) in [4.78, 5) is 22.3. The van der Waals surface area contributed by atoms with Crippen molar-refractivity contribution in [2.75, 3.05) is 0 Å². The second-order valence-corrected chi connectivity index (χ2v) is 4.89. The Morgan fingerprint density at radius 1 is 1.30 bits per heavy atom. The van der Waals surface area contributed by atoms with Crippen LogP contribution in [0.4, 0.5) is 4.39 Å². The van der Waals surface area contributed by atoms with E-state index in [9.17, 15) is 14.0 Å². The molecule has 1 amide bonds. The highest BCUT2D eigenvalue weighted by Gasteiger charge is 2.14. The topological polar surface area (TPSA) is 78.4 Å². The molecule has 3 N–H and O–H groups in total. The molecule has 0 spiro atoms. The van der Waals surface area contributed by atoms with Gasteiger partial charge in [-0.1, -0.05) is 6.07 Å². The number of nitrogens with one attached hydrogen (secondary N) is 2. The Labute approximate surface area is 117 Å². The molecular formula is C14H19FN2O3. The molecule has 6 heteroatoms. The largest absolute Gasteiger partial charge is 0.478 e. The average Bonchev–Trinajstić information content (AvgIpc) is 2.34. The first-order valence-electron chi connectivity index (χ1n) is 6.36. The molecule has 0 bridgehead atoms. The molecule has 1 rings (SSSR count). The zero-order chi connectivity index (χ0) is 15.3. The molecule has 0 radical (unpaired) electrons. The summed E-state index contributed by atoms with van der Waals surface area (Å²) in [5.74, 6) is -2.22. The number of carbonyl (C=O) groups is 2. The molecule has 0 fully saturated rings. The van der Waals surface area contributed by atoms with Crippen LogP contribution in [0, 0.1) is 5.82 Å². The van der Waals surface area contributed by atoms with Gasteiger partial charge in [0.1, 0.15) is 5.82 Å². The van der Waals surface area contributed by atoms with E-state index < -0.39 is 17.8 Å². The Hall–Kier alpha value is -1.95. The Balaban J connectivity index is 2.60. The van der Waals surface area contributed by atoms with Gasteiger partial charge in [0.05, 0.1) is 11.6 Å². The summed E-state index contributed by atoms with van der Waals surface area (Å²) in [5.41, 5.74) is 0.219. The van der Waals surface area contributed by atoms with Crippen molar-refractivity contribution in [1.29, 1.82) is 0 Å². The van der Waals surface area contributed by atoms with E-state index in [0.29, 0.717) is 5.56 Å². The van der Waals surface area contributed by atoms with Crippen molar-refractivity contribution in [3.05, 3.63) is 35.1 Å². The summed E-state index contributed by atoms with van der Waals surface area (Å²) in [6.07, 6.45) is 0. The molecule has 0 saturated heterocycles. The van der Waals surface area contributed by atoms with E-state index in [4.69, 9.17) is 5.11 Å². The number of hydrogen-bond donors (Lipinski definition) is 3. The van der Waals surface area contributed by atoms with Crippen LogP contribution >= 0.6 is 0 Å². The molecule has 5 nitrogen and oxygen atoms in total. The summed E-state index contributed by atoms with van der Waals surface area (Å²) in [6, 6.07) is 3.53. The van der Waals surface area contributed by atoms with Crippen LogP contribution in [0.25, 0.3) is 0 Å². The Morgan fingerprint density at radius 3 is 2.45 bits per heavy atom. The fourth-order valence-electron chi connectivity index (χ4n) is 1.62. The highest BCUT2D eigenvalue weighted by Crippen LogP contribution is 2.10. The van der Waals surface area contributed by atoms with E-state index in [-0.39, 0.29) is 24.1 Å². The lowest BCUT2D eigenvalue weighted by atomic mass is 10.1. The first kappa shape index (κ1) is 16.1. The van der Waals surface area contributed by atoms with Gasteiger partial charge in [-0.25, -0.2) is 9.18 Å². The van der Waals surface area contributed by atoms with E-state index in [1.807, 2.05) is 13.8 Å². The van der Waals surface area contributed by atoms with Gasteiger partial charge in [0.25, 0.3) is 0 Å². The molecule has 0 saturated carbocycles. The maximum Gasteiger partial charge on any atom is 0.338 e. The standard InChI is InChI=1S/C14H19FN2O3/c1-8(2)17-13(18)9(3)16-7-10-4-5-11(14(19)20)12(15)6-10/h4-6,8-9,16H,7H2,1-3H3,(H,17,18)(H,19,20). The van der Waals surface area contributed by atoms with Crippen LogP contribution in [0.1, 0.15) is 36.7 Å². The van der Waals surface area contributed by atoms with Gasteiger partial charge < -0.3 is 15.7 Å². The zero-order valence-electron chi connectivity index (χ0n) is 11.7. The third kappa shape index (κ3) is 4.62. The van der Waals surface area contributed by atoms with Crippen molar-refractivity contribution >= 4 is 11.9 Å². The Kier molecular flexibility index (Phi) is 5.64. The van der Waals surface area contributed by atoms with Gasteiger partial charge in [-0.2, -0.15) is 0 Å². The van der Waals surface area contributed by atoms with E-state index in [0.717, 1.165) is 6.07 Å². The molecular weight excluding hydrogens is 263 g/mol. The summed E-state index contributed by atoms with van der Waals surface area (Å²) < 4.78 is 13.5. The second-order valence-electron chi connectivity index (χ2n) is 4.89. The summed E-state index contributed by atoms with van der Waals surface area (Å²) in [5, 5.41) is 14.4. The van der Waals surface area contributed by atoms with E-state index >= 15 is 0 Å². The Bertz CT molecular complexity index is 503. The normalized spacial score (nSPS) is 12.2.